The molecule has 0 radical (unpaired) electrons. The molecule has 0 saturated heterocycles. The number of thiophene rings is 1. The van der Waals surface area contributed by atoms with Gasteiger partial charge in [0.2, 0.25) is 5.95 Å². The van der Waals surface area contributed by atoms with Gasteiger partial charge in [0.15, 0.2) is 5.82 Å². The molecule has 0 unspecified atom stereocenters. The lowest BCUT2D eigenvalue weighted by molar-refractivity contribution is 0.0951. The molecule has 0 aliphatic heterocycles. The largest absolute Gasteiger partial charge is 0.497 e. The summed E-state index contributed by atoms with van der Waals surface area (Å²) in [6.07, 6.45) is 3.34. The van der Waals surface area contributed by atoms with Crippen LogP contribution in [0.4, 0.5) is 5.95 Å². The number of carbonyl (C=O) groups is 1. The van der Waals surface area contributed by atoms with E-state index in [1.807, 2.05) is 47.8 Å². The minimum atomic E-state index is -0.222. The maximum atomic E-state index is 12.9. The first-order chi connectivity index (χ1) is 13.7. The lowest BCUT2D eigenvalue weighted by atomic mass is 10.2. The highest BCUT2D eigenvalue weighted by atomic mass is 32.1. The minimum Gasteiger partial charge on any atom is -0.497 e. The molecule has 0 atom stereocenters. The molecule has 1 N–H and O–H groups in total. The van der Waals surface area contributed by atoms with Crippen molar-refractivity contribution in [3.63, 3.8) is 0 Å². The smallest absolute Gasteiger partial charge is 0.291 e. The van der Waals surface area contributed by atoms with E-state index in [2.05, 4.69) is 20.4 Å². The molecule has 0 spiro atoms. The van der Waals surface area contributed by atoms with E-state index in [9.17, 15) is 4.79 Å². The Balaban J connectivity index is 1.63. The lowest BCUT2D eigenvalue weighted by Crippen LogP contribution is -2.16. The van der Waals surface area contributed by atoms with Gasteiger partial charge in [-0.05, 0) is 41.3 Å². The number of benzene rings is 1. The van der Waals surface area contributed by atoms with E-state index in [1.54, 1.807) is 25.6 Å². The highest BCUT2D eigenvalue weighted by Crippen LogP contribution is 2.20. The first-order valence-corrected chi connectivity index (χ1v) is 9.45. The molecule has 8 heteroatoms. The van der Waals surface area contributed by atoms with E-state index in [1.165, 1.54) is 16.0 Å². The van der Waals surface area contributed by atoms with Crippen LogP contribution in [0.25, 0.3) is 11.4 Å². The van der Waals surface area contributed by atoms with Crippen molar-refractivity contribution in [3.05, 3.63) is 76.7 Å². The summed E-state index contributed by atoms with van der Waals surface area (Å²) in [4.78, 5) is 22.0. The van der Waals surface area contributed by atoms with Gasteiger partial charge < -0.3 is 10.1 Å². The van der Waals surface area contributed by atoms with Crippen LogP contribution in [-0.2, 0) is 6.54 Å². The SMILES string of the molecule is COc1ccc(CNc2nc(-c3ccncc3)nn2C(=O)c2cccs2)cc1. The van der Waals surface area contributed by atoms with Crippen LogP contribution in [0, 0.1) is 0 Å². The third kappa shape index (κ3) is 3.77. The fourth-order valence-electron chi connectivity index (χ4n) is 2.62. The van der Waals surface area contributed by atoms with Gasteiger partial charge in [0.05, 0.1) is 12.0 Å². The van der Waals surface area contributed by atoms with Crippen molar-refractivity contribution in [2.75, 3.05) is 12.4 Å². The molecule has 4 aromatic rings. The molecule has 140 valence electrons. The standard InChI is InChI=1S/C20H17N5O2S/c1-27-16-6-4-14(5-7-16)13-22-20-23-18(15-8-10-21-11-9-15)24-25(20)19(26)17-3-2-12-28-17/h2-12H,13H2,1H3,(H,22,23,24). The van der Waals surface area contributed by atoms with Crippen LogP contribution in [0.1, 0.15) is 15.2 Å². The second-order valence-corrected chi connectivity index (χ2v) is 6.84. The third-order valence-electron chi connectivity index (χ3n) is 4.08. The Kier molecular flexibility index (Phi) is 5.11. The third-order valence-corrected chi connectivity index (χ3v) is 4.94. The van der Waals surface area contributed by atoms with Crippen molar-refractivity contribution >= 4 is 23.2 Å². The van der Waals surface area contributed by atoms with Crippen LogP contribution in [0.15, 0.2) is 66.3 Å². The van der Waals surface area contributed by atoms with E-state index in [0.29, 0.717) is 23.2 Å². The number of carbonyl (C=O) groups excluding carboxylic acids is 1. The van der Waals surface area contributed by atoms with Crippen LogP contribution >= 0.6 is 11.3 Å². The van der Waals surface area contributed by atoms with Gasteiger partial charge in [-0.1, -0.05) is 18.2 Å². The molecular formula is C20H17N5O2S. The average Bonchev–Trinajstić information content (AvgIpc) is 3.43. The van der Waals surface area contributed by atoms with Crippen LogP contribution < -0.4 is 10.1 Å². The van der Waals surface area contributed by atoms with E-state index in [-0.39, 0.29) is 5.91 Å². The van der Waals surface area contributed by atoms with Gasteiger partial charge in [-0.25, -0.2) is 0 Å². The van der Waals surface area contributed by atoms with Gasteiger partial charge in [0, 0.05) is 24.5 Å². The molecule has 0 fully saturated rings. The Bertz CT molecular complexity index is 1060. The van der Waals surface area contributed by atoms with Crippen molar-refractivity contribution in [1.29, 1.82) is 0 Å². The second-order valence-electron chi connectivity index (χ2n) is 5.89. The molecule has 0 aliphatic rings. The Hall–Kier alpha value is -3.52. The van der Waals surface area contributed by atoms with Gasteiger partial charge >= 0.3 is 0 Å². The second kappa shape index (κ2) is 8.01. The van der Waals surface area contributed by atoms with E-state index in [4.69, 9.17) is 4.74 Å². The molecule has 3 aromatic heterocycles. The summed E-state index contributed by atoms with van der Waals surface area (Å²) in [5.41, 5.74) is 1.82. The van der Waals surface area contributed by atoms with Crippen LogP contribution in [0.3, 0.4) is 0 Å². The number of nitrogens with one attached hydrogen (secondary N) is 1. The van der Waals surface area contributed by atoms with Crippen LogP contribution in [-0.4, -0.2) is 32.8 Å². The summed E-state index contributed by atoms with van der Waals surface area (Å²) < 4.78 is 6.49. The number of methoxy groups -OCH3 is 1. The maximum absolute atomic E-state index is 12.9. The normalized spacial score (nSPS) is 10.6. The number of anilines is 1. The van der Waals surface area contributed by atoms with Crippen molar-refractivity contribution in [3.8, 4) is 17.1 Å². The predicted octanol–water partition coefficient (Wildman–Crippen LogP) is 3.71. The van der Waals surface area contributed by atoms with Crippen LogP contribution in [0.5, 0.6) is 5.75 Å². The van der Waals surface area contributed by atoms with Gasteiger partial charge in [-0.2, -0.15) is 9.67 Å². The monoisotopic (exact) mass is 391 g/mol. The highest BCUT2D eigenvalue weighted by Gasteiger charge is 2.19. The number of nitrogens with zero attached hydrogens (tertiary/aromatic N) is 4. The molecule has 0 saturated carbocycles. The zero-order valence-electron chi connectivity index (χ0n) is 15.1. The summed E-state index contributed by atoms with van der Waals surface area (Å²) in [5, 5.41) is 9.50. The van der Waals surface area contributed by atoms with Crippen molar-refractivity contribution in [1.82, 2.24) is 19.7 Å². The molecule has 28 heavy (non-hydrogen) atoms. The zero-order chi connectivity index (χ0) is 19.3. The number of aromatic nitrogens is 4. The summed E-state index contributed by atoms with van der Waals surface area (Å²) >= 11 is 1.37. The Morgan fingerprint density at radius 3 is 2.61 bits per heavy atom. The van der Waals surface area contributed by atoms with E-state index < -0.39 is 0 Å². The first-order valence-electron chi connectivity index (χ1n) is 8.57. The van der Waals surface area contributed by atoms with E-state index >= 15 is 0 Å². The first kappa shape index (κ1) is 17.9. The molecule has 7 nitrogen and oxygen atoms in total. The maximum Gasteiger partial charge on any atom is 0.291 e. The number of ether oxygens (including phenoxy) is 1. The summed E-state index contributed by atoms with van der Waals surface area (Å²) in [6.45, 7) is 0.496. The summed E-state index contributed by atoms with van der Waals surface area (Å²) in [5.74, 6) is 1.42. The van der Waals surface area contributed by atoms with Gasteiger partial charge in [-0.3, -0.25) is 9.78 Å². The summed E-state index contributed by atoms with van der Waals surface area (Å²) in [7, 11) is 1.63. The highest BCUT2D eigenvalue weighted by molar-refractivity contribution is 7.12. The Morgan fingerprint density at radius 2 is 1.93 bits per heavy atom. The van der Waals surface area contributed by atoms with Gasteiger partial charge in [0.25, 0.3) is 5.91 Å². The fourth-order valence-corrected chi connectivity index (χ4v) is 3.27. The molecule has 0 amide bonds. The van der Waals surface area contributed by atoms with Crippen molar-refractivity contribution in [2.24, 2.45) is 0 Å². The zero-order valence-corrected chi connectivity index (χ0v) is 15.9. The number of rotatable bonds is 6. The molecular weight excluding hydrogens is 374 g/mol. The quantitative estimate of drug-likeness (QED) is 0.540. The van der Waals surface area contributed by atoms with Crippen molar-refractivity contribution < 1.29 is 9.53 Å². The molecule has 1 aromatic carbocycles. The predicted molar refractivity (Wildman–Crippen MR) is 108 cm³/mol. The molecule has 3 heterocycles. The number of hydrogen-bond acceptors (Lipinski definition) is 7. The van der Waals surface area contributed by atoms with Gasteiger partial charge in [-0.15, -0.1) is 16.4 Å². The molecule has 0 bridgehead atoms. The Labute approximate surface area is 165 Å². The lowest BCUT2D eigenvalue weighted by Gasteiger charge is -2.07. The molecule has 0 aliphatic carbocycles. The average molecular weight is 391 g/mol. The Morgan fingerprint density at radius 1 is 1.14 bits per heavy atom. The van der Waals surface area contributed by atoms with Gasteiger partial charge in [0.1, 0.15) is 5.75 Å². The van der Waals surface area contributed by atoms with Crippen LogP contribution in [0.2, 0.25) is 0 Å². The fraction of sp³-hybridized carbons (Fsp3) is 0.100. The topological polar surface area (TPSA) is 81.9 Å². The molecule has 4 rings (SSSR count). The number of hydrogen-bond donors (Lipinski definition) is 1. The number of pyridine rings is 1. The van der Waals surface area contributed by atoms with E-state index in [0.717, 1.165) is 16.9 Å². The summed E-state index contributed by atoms with van der Waals surface area (Å²) in [6, 6.07) is 14.9. The minimum absolute atomic E-state index is 0.222. The van der Waals surface area contributed by atoms with Crippen molar-refractivity contribution in [2.45, 2.75) is 6.54 Å².